The van der Waals surface area contributed by atoms with E-state index in [0.29, 0.717) is 0 Å². The Morgan fingerprint density at radius 3 is 2.47 bits per heavy atom. The molecule has 98 valence electrons. The summed E-state index contributed by atoms with van der Waals surface area (Å²) in [6.07, 6.45) is 1.12. The monoisotopic (exact) mass is 239 g/mol. The van der Waals surface area contributed by atoms with Crippen molar-refractivity contribution < 1.29 is 0 Å². The summed E-state index contributed by atoms with van der Waals surface area (Å²) in [5, 5.41) is 7.63. The van der Waals surface area contributed by atoms with Gasteiger partial charge in [0.25, 0.3) is 0 Å². The first-order valence-corrected chi connectivity index (χ1v) is 6.35. The van der Waals surface area contributed by atoms with Gasteiger partial charge in [0.1, 0.15) is 5.82 Å². The zero-order valence-electron chi connectivity index (χ0n) is 11.5. The largest absolute Gasteiger partial charge is 0.394 e. The van der Waals surface area contributed by atoms with Crippen LogP contribution < -0.4 is 11.1 Å². The zero-order valence-corrected chi connectivity index (χ0v) is 11.5. The fourth-order valence-electron chi connectivity index (χ4n) is 1.93. The van der Waals surface area contributed by atoms with Crippen LogP contribution in [0.5, 0.6) is 0 Å². The second kappa shape index (κ2) is 6.49. The normalized spacial score (nSPS) is 11.1. The van der Waals surface area contributed by atoms with E-state index in [1.807, 2.05) is 18.7 Å². The third-order valence-corrected chi connectivity index (χ3v) is 3.11. The van der Waals surface area contributed by atoms with Crippen molar-refractivity contribution in [3.05, 3.63) is 5.69 Å². The maximum atomic E-state index is 5.94. The van der Waals surface area contributed by atoms with Crippen molar-refractivity contribution in [3.63, 3.8) is 0 Å². The number of nitrogen functional groups attached to an aromatic ring is 1. The first-order chi connectivity index (χ1) is 8.10. The summed E-state index contributed by atoms with van der Waals surface area (Å²) in [7, 11) is 1.91. The second-order valence-corrected chi connectivity index (χ2v) is 4.28. The number of rotatable bonds is 7. The van der Waals surface area contributed by atoms with Crippen molar-refractivity contribution in [1.82, 2.24) is 14.7 Å². The Kier molecular flexibility index (Phi) is 5.28. The van der Waals surface area contributed by atoms with Crippen molar-refractivity contribution >= 4 is 11.5 Å². The van der Waals surface area contributed by atoms with Crippen LogP contribution in [0.4, 0.5) is 11.5 Å². The van der Waals surface area contributed by atoms with Crippen LogP contribution in [0, 0.1) is 6.92 Å². The van der Waals surface area contributed by atoms with Crippen LogP contribution in [0.1, 0.15) is 26.0 Å². The molecule has 1 rings (SSSR count). The lowest BCUT2D eigenvalue weighted by Gasteiger charge is -2.18. The number of hydrogen-bond acceptors (Lipinski definition) is 4. The summed E-state index contributed by atoms with van der Waals surface area (Å²) >= 11 is 0. The highest BCUT2D eigenvalue weighted by molar-refractivity contribution is 5.64. The van der Waals surface area contributed by atoms with Crippen molar-refractivity contribution in [2.24, 2.45) is 7.05 Å². The van der Waals surface area contributed by atoms with Crippen LogP contribution >= 0.6 is 0 Å². The molecule has 1 aromatic heterocycles. The lowest BCUT2D eigenvalue weighted by Crippen LogP contribution is -2.25. The highest BCUT2D eigenvalue weighted by Gasteiger charge is 2.08. The molecule has 0 bridgehead atoms. The molecule has 3 N–H and O–H groups in total. The van der Waals surface area contributed by atoms with Crippen LogP contribution in [-0.4, -0.2) is 40.9 Å². The lowest BCUT2D eigenvalue weighted by molar-refractivity contribution is 0.303. The van der Waals surface area contributed by atoms with E-state index in [0.717, 1.165) is 49.8 Å². The lowest BCUT2D eigenvalue weighted by atomic mass is 10.3. The van der Waals surface area contributed by atoms with Crippen molar-refractivity contribution in [3.8, 4) is 0 Å². The third kappa shape index (κ3) is 3.63. The summed E-state index contributed by atoms with van der Waals surface area (Å²) in [5.74, 6) is 0.932. The van der Waals surface area contributed by atoms with Crippen LogP contribution in [0.15, 0.2) is 0 Å². The van der Waals surface area contributed by atoms with Gasteiger partial charge < -0.3 is 16.0 Å². The van der Waals surface area contributed by atoms with Crippen LogP contribution in [-0.2, 0) is 7.05 Å². The molecule has 5 nitrogen and oxygen atoms in total. The molecule has 0 aliphatic carbocycles. The van der Waals surface area contributed by atoms with E-state index >= 15 is 0 Å². The molecule has 0 amide bonds. The van der Waals surface area contributed by atoms with Crippen LogP contribution in [0.2, 0.25) is 0 Å². The Morgan fingerprint density at radius 2 is 2.00 bits per heavy atom. The summed E-state index contributed by atoms with van der Waals surface area (Å²) in [6, 6.07) is 0. The van der Waals surface area contributed by atoms with E-state index < -0.39 is 0 Å². The molecular weight excluding hydrogens is 214 g/mol. The molecule has 0 spiro atoms. The zero-order chi connectivity index (χ0) is 12.8. The fraction of sp³-hybridized carbons (Fsp3) is 0.750. The second-order valence-electron chi connectivity index (χ2n) is 4.28. The van der Waals surface area contributed by atoms with Gasteiger partial charge >= 0.3 is 0 Å². The molecule has 0 aliphatic rings. The van der Waals surface area contributed by atoms with Crippen LogP contribution in [0.3, 0.4) is 0 Å². The molecule has 17 heavy (non-hydrogen) atoms. The van der Waals surface area contributed by atoms with E-state index in [2.05, 4.69) is 29.2 Å². The standard InChI is InChI=1S/C12H25N5/c1-5-17(6-2)9-7-8-14-12-11(13)10(3)15-16(12)4/h14H,5-9,13H2,1-4H3. The maximum Gasteiger partial charge on any atom is 0.147 e. The molecule has 0 fully saturated rings. The summed E-state index contributed by atoms with van der Waals surface area (Å²) in [5.41, 5.74) is 7.59. The number of hydrogen-bond donors (Lipinski definition) is 2. The SMILES string of the molecule is CCN(CC)CCCNc1c(N)c(C)nn1C. The van der Waals surface area contributed by atoms with Crippen molar-refractivity contribution in [2.45, 2.75) is 27.2 Å². The van der Waals surface area contributed by atoms with Gasteiger partial charge in [0, 0.05) is 13.6 Å². The van der Waals surface area contributed by atoms with Gasteiger partial charge in [0.05, 0.1) is 11.4 Å². The van der Waals surface area contributed by atoms with E-state index in [-0.39, 0.29) is 0 Å². The molecule has 0 radical (unpaired) electrons. The molecule has 5 heteroatoms. The summed E-state index contributed by atoms with van der Waals surface area (Å²) in [6.45, 7) is 10.6. The minimum Gasteiger partial charge on any atom is -0.394 e. The van der Waals surface area contributed by atoms with Crippen molar-refractivity contribution in [2.75, 3.05) is 37.2 Å². The van der Waals surface area contributed by atoms with Gasteiger partial charge in [-0.05, 0) is 33.0 Å². The van der Waals surface area contributed by atoms with Gasteiger partial charge in [-0.25, -0.2) is 0 Å². The van der Waals surface area contributed by atoms with E-state index in [4.69, 9.17) is 5.73 Å². The predicted molar refractivity (Wildman–Crippen MR) is 73.3 cm³/mol. The molecule has 0 saturated heterocycles. The Bertz CT molecular complexity index is 341. The molecule has 0 unspecified atom stereocenters. The highest BCUT2D eigenvalue weighted by Crippen LogP contribution is 2.20. The van der Waals surface area contributed by atoms with Gasteiger partial charge in [-0.2, -0.15) is 5.10 Å². The molecular formula is C12H25N5. The number of aromatic nitrogens is 2. The molecule has 0 aliphatic heterocycles. The average molecular weight is 239 g/mol. The molecule has 1 aromatic rings. The molecule has 0 aromatic carbocycles. The van der Waals surface area contributed by atoms with Gasteiger partial charge in [-0.15, -0.1) is 0 Å². The Labute approximate surface area is 104 Å². The van der Waals surface area contributed by atoms with E-state index in [9.17, 15) is 0 Å². The number of nitrogens with one attached hydrogen (secondary N) is 1. The van der Waals surface area contributed by atoms with Crippen LogP contribution in [0.25, 0.3) is 0 Å². The van der Waals surface area contributed by atoms with Gasteiger partial charge in [0.15, 0.2) is 0 Å². The Balaban J connectivity index is 2.36. The first-order valence-electron chi connectivity index (χ1n) is 6.35. The Morgan fingerprint density at radius 1 is 1.35 bits per heavy atom. The highest BCUT2D eigenvalue weighted by atomic mass is 15.3. The van der Waals surface area contributed by atoms with Gasteiger partial charge in [0.2, 0.25) is 0 Å². The van der Waals surface area contributed by atoms with Gasteiger partial charge in [-0.3, -0.25) is 4.68 Å². The Hall–Kier alpha value is -1.23. The molecule has 0 atom stereocenters. The van der Waals surface area contributed by atoms with E-state index in [1.54, 1.807) is 0 Å². The van der Waals surface area contributed by atoms with E-state index in [1.165, 1.54) is 0 Å². The summed E-state index contributed by atoms with van der Waals surface area (Å²) in [4.78, 5) is 2.42. The van der Waals surface area contributed by atoms with Crippen molar-refractivity contribution in [1.29, 1.82) is 0 Å². The first kappa shape index (κ1) is 13.8. The smallest absolute Gasteiger partial charge is 0.147 e. The third-order valence-electron chi connectivity index (χ3n) is 3.11. The predicted octanol–water partition coefficient (Wildman–Crippen LogP) is 1.45. The topological polar surface area (TPSA) is 59.1 Å². The minimum atomic E-state index is 0.760. The quantitative estimate of drug-likeness (QED) is 0.707. The fourth-order valence-corrected chi connectivity index (χ4v) is 1.93. The minimum absolute atomic E-state index is 0.760. The average Bonchev–Trinajstić information content (AvgIpc) is 2.55. The number of nitrogens with two attached hydrogens (primary N) is 1. The molecule has 0 saturated carbocycles. The number of anilines is 2. The number of nitrogens with zero attached hydrogens (tertiary/aromatic N) is 3. The number of aryl methyl sites for hydroxylation is 2. The molecule has 1 heterocycles. The summed E-state index contributed by atoms with van der Waals surface area (Å²) < 4.78 is 1.81. The van der Waals surface area contributed by atoms with Gasteiger partial charge in [-0.1, -0.05) is 13.8 Å². The maximum absolute atomic E-state index is 5.94.